The van der Waals surface area contributed by atoms with Gasteiger partial charge in [-0.2, -0.15) is 0 Å². The van der Waals surface area contributed by atoms with E-state index in [1.807, 2.05) is 75.4 Å². The number of nitrogen functional groups attached to an aromatic ring is 1. The number of ether oxygens (including phenoxy) is 1. The fraction of sp³-hybridized carbons (Fsp3) is 0.344. The van der Waals surface area contributed by atoms with Gasteiger partial charge in [0, 0.05) is 18.0 Å². The first-order valence-corrected chi connectivity index (χ1v) is 15.0. The Morgan fingerprint density at radius 3 is 2.38 bits per heavy atom. The van der Waals surface area contributed by atoms with Crippen LogP contribution in [0.3, 0.4) is 0 Å². The maximum absolute atomic E-state index is 13.6. The zero-order valence-corrected chi connectivity index (χ0v) is 24.9. The van der Waals surface area contributed by atoms with Crippen LogP contribution in [0.1, 0.15) is 27.8 Å². The molecular formula is C32H38N4O5S. The van der Waals surface area contributed by atoms with Crippen molar-refractivity contribution in [1.82, 2.24) is 15.5 Å². The molecule has 222 valence electrons. The van der Waals surface area contributed by atoms with E-state index in [0.717, 1.165) is 27.8 Å². The highest BCUT2D eigenvalue weighted by Gasteiger charge is 2.40. The molecule has 3 atom stereocenters. The van der Waals surface area contributed by atoms with Gasteiger partial charge < -0.3 is 31.1 Å². The SMILES string of the molecule is Cc1ccccc1CNC(=O)[C@@H]1CSCN1C(=O)[C@@H](O)[C@H](Cc1ccccc1)NC(=O)COc1c(C)cc(N)cc1C. The van der Waals surface area contributed by atoms with E-state index in [2.05, 4.69) is 10.6 Å². The summed E-state index contributed by atoms with van der Waals surface area (Å²) >= 11 is 1.45. The molecule has 1 saturated heterocycles. The minimum Gasteiger partial charge on any atom is -0.483 e. The third-order valence-corrected chi connectivity index (χ3v) is 8.30. The predicted octanol–water partition coefficient (Wildman–Crippen LogP) is 2.88. The maximum Gasteiger partial charge on any atom is 0.258 e. The maximum atomic E-state index is 13.6. The van der Waals surface area contributed by atoms with E-state index >= 15 is 0 Å². The number of carbonyl (C=O) groups excluding carboxylic acids is 3. The lowest BCUT2D eigenvalue weighted by atomic mass is 9.99. The van der Waals surface area contributed by atoms with Gasteiger partial charge in [-0.3, -0.25) is 14.4 Å². The highest BCUT2D eigenvalue weighted by Crippen LogP contribution is 2.26. The van der Waals surface area contributed by atoms with Crippen LogP contribution < -0.4 is 21.1 Å². The number of hydrogen-bond donors (Lipinski definition) is 4. The number of aliphatic hydroxyl groups is 1. The molecule has 0 aliphatic carbocycles. The topological polar surface area (TPSA) is 134 Å². The highest BCUT2D eigenvalue weighted by molar-refractivity contribution is 7.99. The van der Waals surface area contributed by atoms with Gasteiger partial charge >= 0.3 is 0 Å². The summed E-state index contributed by atoms with van der Waals surface area (Å²) in [6.07, 6.45) is -1.36. The number of benzene rings is 3. The van der Waals surface area contributed by atoms with Crippen molar-refractivity contribution in [3.05, 3.63) is 94.5 Å². The van der Waals surface area contributed by atoms with Crippen molar-refractivity contribution in [2.75, 3.05) is 24.0 Å². The molecule has 1 fully saturated rings. The average molecular weight is 591 g/mol. The van der Waals surface area contributed by atoms with E-state index in [4.69, 9.17) is 10.5 Å². The standard InChI is InChI=1S/C32H38N4O5S/c1-20-9-7-8-12-24(20)16-34-31(39)27-18-42-19-36(27)32(40)29(38)26(15-23-10-5-4-6-11-23)35-28(37)17-41-30-21(2)13-25(33)14-22(30)3/h4-14,26-27,29,38H,15-19,33H2,1-3H3,(H,34,39)(H,35,37)/t26-,27-,29-/m0/s1. The van der Waals surface area contributed by atoms with E-state index in [-0.39, 0.29) is 24.8 Å². The molecule has 0 bridgehead atoms. The lowest BCUT2D eigenvalue weighted by molar-refractivity contribution is -0.146. The summed E-state index contributed by atoms with van der Waals surface area (Å²) in [5.74, 6) is -0.130. The van der Waals surface area contributed by atoms with Crippen LogP contribution in [0.15, 0.2) is 66.7 Å². The molecule has 1 aliphatic rings. The van der Waals surface area contributed by atoms with Crippen molar-refractivity contribution in [2.45, 2.75) is 51.9 Å². The molecule has 0 unspecified atom stereocenters. The van der Waals surface area contributed by atoms with E-state index in [9.17, 15) is 19.5 Å². The van der Waals surface area contributed by atoms with E-state index < -0.39 is 30.0 Å². The van der Waals surface area contributed by atoms with Gasteiger partial charge in [0.25, 0.3) is 11.8 Å². The fourth-order valence-electron chi connectivity index (χ4n) is 5.03. The number of hydrogen-bond acceptors (Lipinski definition) is 7. The molecule has 4 rings (SSSR count). The average Bonchev–Trinajstić information content (AvgIpc) is 3.46. The number of thioether (sulfide) groups is 1. The molecule has 9 nitrogen and oxygen atoms in total. The van der Waals surface area contributed by atoms with Crippen LogP contribution in [0.2, 0.25) is 0 Å². The summed E-state index contributed by atoms with van der Waals surface area (Å²) in [5.41, 5.74) is 11.0. The lowest BCUT2D eigenvalue weighted by Crippen LogP contribution is -2.56. The van der Waals surface area contributed by atoms with E-state index in [0.29, 0.717) is 23.7 Å². The van der Waals surface area contributed by atoms with Gasteiger partial charge in [0.05, 0.1) is 11.9 Å². The minimum absolute atomic E-state index is 0.213. The minimum atomic E-state index is -1.57. The molecule has 0 spiro atoms. The first kappa shape index (κ1) is 30.9. The lowest BCUT2D eigenvalue weighted by Gasteiger charge is -2.30. The predicted molar refractivity (Wildman–Crippen MR) is 165 cm³/mol. The molecule has 1 aliphatic heterocycles. The zero-order chi connectivity index (χ0) is 30.2. The molecule has 3 aromatic rings. The van der Waals surface area contributed by atoms with Crippen molar-refractivity contribution < 1.29 is 24.2 Å². The third-order valence-electron chi connectivity index (χ3n) is 7.29. The van der Waals surface area contributed by atoms with Crippen molar-refractivity contribution >= 4 is 35.2 Å². The Labute approximate surface area is 250 Å². The Bertz CT molecular complexity index is 1390. The first-order valence-electron chi connectivity index (χ1n) is 13.9. The molecule has 10 heteroatoms. The number of aliphatic hydroxyl groups excluding tert-OH is 1. The van der Waals surface area contributed by atoms with Gasteiger partial charge in [0.15, 0.2) is 12.7 Å². The van der Waals surface area contributed by atoms with Crippen molar-refractivity contribution in [3.8, 4) is 5.75 Å². The molecule has 3 amide bonds. The third kappa shape index (κ3) is 7.83. The van der Waals surface area contributed by atoms with Gasteiger partial charge in [-0.1, -0.05) is 54.6 Å². The monoisotopic (exact) mass is 590 g/mol. The molecule has 0 aromatic heterocycles. The second kappa shape index (κ2) is 14.2. The summed E-state index contributed by atoms with van der Waals surface area (Å²) in [6, 6.07) is 18.9. The Kier molecular flexibility index (Phi) is 10.5. The largest absolute Gasteiger partial charge is 0.483 e. The molecular weight excluding hydrogens is 552 g/mol. The van der Waals surface area contributed by atoms with Crippen LogP contribution in [0.5, 0.6) is 5.75 Å². The van der Waals surface area contributed by atoms with E-state index in [1.54, 1.807) is 12.1 Å². The van der Waals surface area contributed by atoms with Gasteiger partial charge in [-0.15, -0.1) is 11.8 Å². The number of nitrogens with zero attached hydrogens (tertiary/aromatic N) is 1. The van der Waals surface area contributed by atoms with Crippen molar-refractivity contribution in [2.24, 2.45) is 0 Å². The van der Waals surface area contributed by atoms with Gasteiger partial charge in [0.1, 0.15) is 11.8 Å². The van der Waals surface area contributed by atoms with Crippen LogP contribution in [0.25, 0.3) is 0 Å². The number of aryl methyl sites for hydroxylation is 3. The number of carbonyl (C=O) groups is 3. The summed E-state index contributed by atoms with van der Waals surface area (Å²) in [5, 5.41) is 17.0. The van der Waals surface area contributed by atoms with Gasteiger partial charge in [0.2, 0.25) is 5.91 Å². The highest BCUT2D eigenvalue weighted by atomic mass is 32.2. The smallest absolute Gasteiger partial charge is 0.258 e. The van der Waals surface area contributed by atoms with Gasteiger partial charge in [-0.25, -0.2) is 0 Å². The van der Waals surface area contributed by atoms with Crippen LogP contribution in [-0.2, 0) is 27.3 Å². The summed E-state index contributed by atoms with van der Waals surface area (Å²) < 4.78 is 5.79. The van der Waals surface area contributed by atoms with Crippen LogP contribution in [0.4, 0.5) is 5.69 Å². The van der Waals surface area contributed by atoms with Crippen molar-refractivity contribution in [1.29, 1.82) is 0 Å². The van der Waals surface area contributed by atoms with Crippen LogP contribution in [0, 0.1) is 20.8 Å². The Morgan fingerprint density at radius 1 is 1.02 bits per heavy atom. The Hall–Kier alpha value is -4.02. The summed E-state index contributed by atoms with van der Waals surface area (Å²) in [7, 11) is 0. The second-order valence-corrected chi connectivity index (χ2v) is 11.5. The number of amides is 3. The molecule has 42 heavy (non-hydrogen) atoms. The van der Waals surface area contributed by atoms with E-state index in [1.165, 1.54) is 16.7 Å². The first-order chi connectivity index (χ1) is 20.1. The molecule has 5 N–H and O–H groups in total. The molecule has 1 heterocycles. The zero-order valence-electron chi connectivity index (χ0n) is 24.1. The quantitative estimate of drug-likeness (QED) is 0.252. The molecule has 3 aromatic carbocycles. The number of nitrogens with one attached hydrogen (secondary N) is 2. The van der Waals surface area contributed by atoms with Crippen molar-refractivity contribution in [3.63, 3.8) is 0 Å². The number of nitrogens with two attached hydrogens (primary N) is 1. The van der Waals surface area contributed by atoms with Crippen LogP contribution >= 0.6 is 11.8 Å². The normalized spacial score (nSPS) is 16.0. The number of anilines is 1. The summed E-state index contributed by atoms with van der Waals surface area (Å²) in [4.78, 5) is 41.1. The van der Waals surface area contributed by atoms with Crippen LogP contribution in [-0.4, -0.2) is 64.2 Å². The van der Waals surface area contributed by atoms with Gasteiger partial charge in [-0.05, 0) is 67.1 Å². The molecule has 0 radical (unpaired) electrons. The number of rotatable bonds is 11. The fourth-order valence-corrected chi connectivity index (χ4v) is 6.20. The Morgan fingerprint density at radius 2 is 1.69 bits per heavy atom. The second-order valence-electron chi connectivity index (χ2n) is 10.5. The molecule has 0 saturated carbocycles. The summed E-state index contributed by atoms with van der Waals surface area (Å²) in [6.45, 7) is 5.71. The Balaban J connectivity index is 1.44.